The first-order chi connectivity index (χ1) is 30.5. The van der Waals surface area contributed by atoms with Gasteiger partial charge >= 0.3 is 0 Å². The van der Waals surface area contributed by atoms with E-state index in [2.05, 4.69) is 0 Å². The molecule has 0 heterocycles. The lowest BCUT2D eigenvalue weighted by atomic mass is 9.95. The summed E-state index contributed by atoms with van der Waals surface area (Å²) in [5, 5.41) is 0. The molecule has 0 saturated heterocycles. The second-order valence-electron chi connectivity index (χ2n) is 13.2. The summed E-state index contributed by atoms with van der Waals surface area (Å²) in [5.74, 6) is -63.5. The minimum atomic E-state index is -3.24. The van der Waals surface area contributed by atoms with Crippen LogP contribution in [0.2, 0.25) is 0 Å². The van der Waals surface area contributed by atoms with Crippen LogP contribution in [0, 0.1) is 128 Å². The van der Waals surface area contributed by atoms with Crippen molar-refractivity contribution in [2.75, 3.05) is 4.90 Å². The van der Waals surface area contributed by atoms with E-state index in [0.717, 1.165) is 12.1 Å². The van der Waals surface area contributed by atoms with Gasteiger partial charge in [0.2, 0.25) is 11.6 Å². The Hall–Kier alpha value is -7.20. The van der Waals surface area contributed by atoms with Crippen molar-refractivity contribution in [1.29, 1.82) is 0 Å². The molecule has 0 bridgehead atoms. The normalized spacial score (nSPS) is 11.5. The zero-order chi connectivity index (χ0) is 48.0. The smallest absolute Gasteiger partial charge is 0.200 e. The quantitative estimate of drug-likeness (QED) is 0.0874. The van der Waals surface area contributed by atoms with Crippen molar-refractivity contribution >= 4 is 17.1 Å². The number of rotatable bonds is 7. The Bertz CT molecular complexity index is 2880. The monoisotopic (exact) mass is 945 g/mol. The summed E-state index contributed by atoms with van der Waals surface area (Å²) in [6, 6.07) is 4.75. The molecular formula is C42H9F22N. The Labute approximate surface area is 345 Å². The molecule has 0 atom stereocenters. The maximum Gasteiger partial charge on any atom is 0.200 e. The van der Waals surface area contributed by atoms with Gasteiger partial charge in [-0.05, 0) is 41.5 Å². The second kappa shape index (κ2) is 16.4. The average molecular weight is 945 g/mol. The molecule has 7 aromatic carbocycles. The van der Waals surface area contributed by atoms with Crippen LogP contribution in [-0.2, 0) is 0 Å². The molecule has 0 amide bonds. The Morgan fingerprint density at radius 1 is 0.246 bits per heavy atom. The molecule has 0 saturated carbocycles. The molecule has 0 fully saturated rings. The number of hydrogen-bond acceptors (Lipinski definition) is 1. The molecule has 7 rings (SSSR count). The summed E-state index contributed by atoms with van der Waals surface area (Å²) in [4.78, 5) is -1.00. The van der Waals surface area contributed by atoms with Gasteiger partial charge in [0.15, 0.2) is 116 Å². The number of benzene rings is 7. The van der Waals surface area contributed by atoms with E-state index in [-0.39, 0.29) is 12.1 Å². The highest BCUT2D eigenvalue weighted by Crippen LogP contribution is 2.50. The van der Waals surface area contributed by atoms with Crippen molar-refractivity contribution in [2.45, 2.75) is 0 Å². The summed E-state index contributed by atoms with van der Waals surface area (Å²) in [7, 11) is 0. The lowest BCUT2D eigenvalue weighted by molar-refractivity contribution is 0.379. The van der Waals surface area contributed by atoms with Gasteiger partial charge in [0.05, 0.1) is 22.3 Å². The van der Waals surface area contributed by atoms with Crippen LogP contribution in [0.5, 0.6) is 0 Å². The zero-order valence-electron chi connectivity index (χ0n) is 30.5. The molecule has 0 spiro atoms. The van der Waals surface area contributed by atoms with Crippen LogP contribution >= 0.6 is 0 Å². The van der Waals surface area contributed by atoms with Crippen molar-refractivity contribution in [3.05, 3.63) is 183 Å². The summed E-state index contributed by atoms with van der Waals surface area (Å²) in [6.45, 7) is 0. The van der Waals surface area contributed by atoms with Gasteiger partial charge in [-0.3, -0.25) is 4.90 Å². The number of nitrogens with zero attached hydrogens (tertiary/aromatic N) is 1. The molecule has 0 radical (unpaired) electrons. The van der Waals surface area contributed by atoms with Gasteiger partial charge in [-0.2, -0.15) is 0 Å². The highest BCUT2D eigenvalue weighted by Gasteiger charge is 2.41. The summed E-state index contributed by atoms with van der Waals surface area (Å²) in [6.07, 6.45) is 0. The van der Waals surface area contributed by atoms with Crippen LogP contribution in [0.1, 0.15) is 0 Å². The maximum absolute atomic E-state index is 16.5. The predicted molar refractivity (Wildman–Crippen MR) is 182 cm³/mol. The van der Waals surface area contributed by atoms with Gasteiger partial charge in [-0.1, -0.05) is 24.3 Å². The lowest BCUT2D eigenvalue weighted by Crippen LogP contribution is -2.21. The minimum absolute atomic E-state index is 0.178. The molecule has 23 heteroatoms. The van der Waals surface area contributed by atoms with Crippen molar-refractivity contribution in [3.63, 3.8) is 0 Å². The number of anilines is 3. The molecule has 0 unspecified atom stereocenters. The molecule has 7 aromatic rings. The van der Waals surface area contributed by atoms with Crippen LogP contribution in [0.25, 0.3) is 44.5 Å². The summed E-state index contributed by atoms with van der Waals surface area (Å²) < 4.78 is 333. The molecule has 0 aliphatic heterocycles. The Morgan fingerprint density at radius 3 is 0.769 bits per heavy atom. The summed E-state index contributed by atoms with van der Waals surface area (Å²) >= 11 is 0. The van der Waals surface area contributed by atoms with E-state index in [9.17, 15) is 52.7 Å². The highest BCUT2D eigenvalue weighted by atomic mass is 19.2. The molecule has 1 nitrogen and oxygen atoms in total. The molecule has 0 aliphatic carbocycles. The van der Waals surface area contributed by atoms with Crippen molar-refractivity contribution in [3.8, 4) is 44.5 Å². The molecule has 0 aromatic heterocycles. The minimum Gasteiger partial charge on any atom is -0.300 e. The van der Waals surface area contributed by atoms with Crippen molar-refractivity contribution in [2.24, 2.45) is 0 Å². The first-order valence-corrected chi connectivity index (χ1v) is 17.0. The fraction of sp³-hybridized carbons (Fsp3) is 0. The lowest BCUT2D eigenvalue weighted by Gasteiger charge is -2.29. The predicted octanol–water partition coefficient (Wildman–Crippen LogP) is 14.9. The third-order valence-corrected chi connectivity index (χ3v) is 9.55. The van der Waals surface area contributed by atoms with Crippen LogP contribution < -0.4 is 4.90 Å². The standard InChI is InChI=1S/C42H9F22N/c43-15-5-1-3-13(21(15)45)10-7-11(14-4-2-6-16(44)22(14)46)9-12(8-10)65(41-37(61)27(51)19(28(52)38(41)62)17-23(47)31(55)35(59)32(56)24(17)48)42-39(63)29(53)20(30(54)40(42)64)18-25(49)33(57)36(60)34(58)26(18)50/h1-9H. The first kappa shape index (κ1) is 45.8. The zero-order valence-corrected chi connectivity index (χ0v) is 30.5. The van der Waals surface area contributed by atoms with E-state index >= 15 is 43.9 Å². The van der Waals surface area contributed by atoms with Crippen LogP contribution in [0.15, 0.2) is 54.6 Å². The van der Waals surface area contributed by atoms with Gasteiger partial charge < -0.3 is 0 Å². The summed E-state index contributed by atoms with van der Waals surface area (Å²) in [5.41, 5.74) is -22.3. The van der Waals surface area contributed by atoms with Crippen LogP contribution in [-0.4, -0.2) is 0 Å². The largest absolute Gasteiger partial charge is 0.300 e. The molecule has 0 N–H and O–H groups in total. The van der Waals surface area contributed by atoms with Crippen molar-refractivity contribution in [1.82, 2.24) is 0 Å². The SMILES string of the molecule is Fc1cccc(-c2cc(-c3cccc(F)c3F)cc(N(c3c(F)c(F)c(-c4c(F)c(F)c(F)c(F)c4F)c(F)c3F)c3c(F)c(F)c(-c4c(F)c(F)c(F)c(F)c4F)c(F)c3F)c2)c1F. The van der Waals surface area contributed by atoms with E-state index in [1.807, 2.05) is 0 Å². The average Bonchev–Trinajstić information content (AvgIpc) is 3.28. The number of halogens is 22. The van der Waals surface area contributed by atoms with Gasteiger partial charge in [0, 0.05) is 16.8 Å². The van der Waals surface area contributed by atoms with E-state index in [4.69, 9.17) is 0 Å². The molecule has 0 aliphatic rings. The Balaban J connectivity index is 1.68. The maximum atomic E-state index is 16.5. The van der Waals surface area contributed by atoms with Crippen molar-refractivity contribution < 1.29 is 96.6 Å². The topological polar surface area (TPSA) is 3.24 Å². The van der Waals surface area contributed by atoms with E-state index in [1.165, 1.54) is 0 Å². The van der Waals surface area contributed by atoms with Gasteiger partial charge in [0.25, 0.3) is 0 Å². The molecule has 65 heavy (non-hydrogen) atoms. The Kier molecular flexibility index (Phi) is 11.6. The first-order valence-electron chi connectivity index (χ1n) is 17.0. The molecular weight excluding hydrogens is 936 g/mol. The van der Waals surface area contributed by atoms with Gasteiger partial charge in [0.1, 0.15) is 11.4 Å². The third-order valence-electron chi connectivity index (χ3n) is 9.55. The Morgan fingerprint density at radius 2 is 0.492 bits per heavy atom. The van der Waals surface area contributed by atoms with Crippen LogP contribution in [0.3, 0.4) is 0 Å². The van der Waals surface area contributed by atoms with E-state index < -0.39 is 194 Å². The second-order valence-corrected chi connectivity index (χ2v) is 13.2. The fourth-order valence-electron chi connectivity index (χ4n) is 6.60. The number of hydrogen-bond donors (Lipinski definition) is 0. The highest BCUT2D eigenvalue weighted by molar-refractivity contribution is 5.88. The van der Waals surface area contributed by atoms with Crippen LogP contribution in [0.4, 0.5) is 114 Å². The molecule has 336 valence electrons. The van der Waals surface area contributed by atoms with Gasteiger partial charge in [-0.25, -0.2) is 96.6 Å². The van der Waals surface area contributed by atoms with E-state index in [0.29, 0.717) is 30.3 Å². The fourth-order valence-corrected chi connectivity index (χ4v) is 6.60. The van der Waals surface area contributed by atoms with Gasteiger partial charge in [-0.15, -0.1) is 0 Å². The van der Waals surface area contributed by atoms with E-state index in [1.54, 1.807) is 0 Å². The third kappa shape index (κ3) is 6.94.